The van der Waals surface area contributed by atoms with Crippen molar-refractivity contribution in [1.82, 2.24) is 0 Å². The van der Waals surface area contributed by atoms with Crippen molar-refractivity contribution in [1.29, 1.82) is 0 Å². The lowest BCUT2D eigenvalue weighted by atomic mass is 10.1. The molecule has 0 bridgehead atoms. The summed E-state index contributed by atoms with van der Waals surface area (Å²) < 4.78 is 0. The third kappa shape index (κ3) is 17.7. The molecule has 0 heterocycles. The first-order valence-corrected chi connectivity index (χ1v) is 6.29. The van der Waals surface area contributed by atoms with Crippen LogP contribution in [0.15, 0.2) is 11.1 Å². The van der Waals surface area contributed by atoms with E-state index in [4.69, 9.17) is 0 Å². The van der Waals surface area contributed by atoms with Gasteiger partial charge in [0.2, 0.25) is 0 Å². The molecule has 0 saturated carbocycles. The molecule has 0 aliphatic heterocycles. The molecule has 0 spiro atoms. The van der Waals surface area contributed by atoms with Gasteiger partial charge in [-0.05, 0) is 26.7 Å². The molecule has 0 aromatic carbocycles. The number of allylic oxidation sites excluding steroid dienone is 2. The topological polar surface area (TPSA) is 0 Å². The van der Waals surface area contributed by atoms with Crippen LogP contribution in [0.25, 0.3) is 0 Å². The van der Waals surface area contributed by atoms with E-state index in [2.05, 4.69) is 41.5 Å². The molecule has 0 unspecified atom stereocenters. The molecule has 0 aliphatic carbocycles. The molecule has 14 heavy (non-hydrogen) atoms. The number of hydrogen-bond acceptors (Lipinski definition) is 0. The number of rotatable bonds is 3. The van der Waals surface area contributed by atoms with E-state index in [9.17, 15) is 0 Å². The van der Waals surface area contributed by atoms with E-state index in [0.717, 1.165) is 0 Å². The Bertz CT molecular complexity index is 109. The Hall–Kier alpha value is -0.260. The Morgan fingerprint density at radius 3 is 1.36 bits per heavy atom. The molecule has 0 radical (unpaired) electrons. The maximum absolute atomic E-state index is 2.24. The molecule has 0 amide bonds. The summed E-state index contributed by atoms with van der Waals surface area (Å²) in [6.45, 7) is 17.2. The second-order valence-electron chi connectivity index (χ2n) is 3.37. The van der Waals surface area contributed by atoms with Gasteiger partial charge in [0, 0.05) is 0 Å². The van der Waals surface area contributed by atoms with Crippen LogP contribution in [-0.4, -0.2) is 0 Å². The highest BCUT2D eigenvalue weighted by Gasteiger charge is 1.91. The standard InChI is InChI=1S/C9H18.C3H8.C2H6/c1-5-7-9(4)8(3)6-2;1-3-2;1-2/h5-7H2,1-4H3;3H2,1-2H3;1-2H3/b9-8-;;. The van der Waals surface area contributed by atoms with Gasteiger partial charge < -0.3 is 0 Å². The zero-order chi connectivity index (χ0) is 12.0. The molecular weight excluding hydrogens is 168 g/mol. The van der Waals surface area contributed by atoms with Crippen LogP contribution >= 0.6 is 0 Å². The predicted molar refractivity (Wildman–Crippen MR) is 70.9 cm³/mol. The lowest BCUT2D eigenvalue weighted by Crippen LogP contribution is -1.81. The zero-order valence-corrected chi connectivity index (χ0v) is 11.8. The molecule has 0 aromatic heterocycles. The van der Waals surface area contributed by atoms with Crippen LogP contribution in [0.4, 0.5) is 0 Å². The van der Waals surface area contributed by atoms with Crippen LogP contribution in [0.1, 0.15) is 81.1 Å². The lowest BCUT2D eigenvalue weighted by molar-refractivity contribution is 0.874. The molecule has 88 valence electrons. The van der Waals surface area contributed by atoms with Gasteiger partial charge in [-0.2, -0.15) is 0 Å². The van der Waals surface area contributed by atoms with Crippen LogP contribution in [0, 0.1) is 0 Å². The molecule has 0 fully saturated rings. The number of hydrogen-bond donors (Lipinski definition) is 0. The first kappa shape index (κ1) is 19.3. The first-order chi connectivity index (χ1) is 6.63. The molecule has 0 N–H and O–H groups in total. The van der Waals surface area contributed by atoms with Crippen molar-refractivity contribution in [3.05, 3.63) is 11.1 Å². The summed E-state index contributed by atoms with van der Waals surface area (Å²) in [5.74, 6) is 0. The van der Waals surface area contributed by atoms with Crippen LogP contribution in [0.3, 0.4) is 0 Å². The van der Waals surface area contributed by atoms with Crippen LogP contribution in [0.2, 0.25) is 0 Å². The molecule has 0 nitrogen and oxygen atoms in total. The van der Waals surface area contributed by atoms with Gasteiger partial charge in [0.15, 0.2) is 0 Å². The fourth-order valence-corrected chi connectivity index (χ4v) is 0.890. The zero-order valence-electron chi connectivity index (χ0n) is 11.8. The van der Waals surface area contributed by atoms with Gasteiger partial charge in [0.1, 0.15) is 0 Å². The van der Waals surface area contributed by atoms with Crippen molar-refractivity contribution in [3.63, 3.8) is 0 Å². The highest BCUT2D eigenvalue weighted by atomic mass is 14.0. The molecule has 0 rings (SSSR count). The lowest BCUT2D eigenvalue weighted by Gasteiger charge is -2.02. The molecule has 0 heteroatoms. The third-order valence-electron chi connectivity index (χ3n) is 1.88. The van der Waals surface area contributed by atoms with Gasteiger partial charge in [0.05, 0.1) is 0 Å². The fourth-order valence-electron chi connectivity index (χ4n) is 0.890. The van der Waals surface area contributed by atoms with Gasteiger partial charge in [-0.25, -0.2) is 0 Å². The van der Waals surface area contributed by atoms with Gasteiger partial charge in [-0.1, -0.05) is 65.5 Å². The minimum atomic E-state index is 1.21. The second kappa shape index (κ2) is 18.5. The molecular formula is C14H32. The van der Waals surface area contributed by atoms with Gasteiger partial charge in [-0.3, -0.25) is 0 Å². The Balaban J connectivity index is -0.000000205. The van der Waals surface area contributed by atoms with E-state index >= 15 is 0 Å². The Kier molecular flexibility index (Phi) is 25.6. The molecule has 0 atom stereocenters. The van der Waals surface area contributed by atoms with E-state index in [0.29, 0.717) is 0 Å². The average molecular weight is 200 g/mol. The Morgan fingerprint density at radius 1 is 0.786 bits per heavy atom. The summed E-state index contributed by atoms with van der Waals surface area (Å²) >= 11 is 0. The predicted octanol–water partition coefficient (Wildman–Crippen LogP) is 5.98. The highest BCUT2D eigenvalue weighted by molar-refractivity contribution is 5.08. The minimum Gasteiger partial charge on any atom is -0.0747 e. The fraction of sp³-hybridized carbons (Fsp3) is 0.857. The summed E-state index contributed by atoms with van der Waals surface area (Å²) in [5.41, 5.74) is 3.15. The van der Waals surface area contributed by atoms with Crippen molar-refractivity contribution in [2.75, 3.05) is 0 Å². The van der Waals surface area contributed by atoms with Gasteiger partial charge in [0.25, 0.3) is 0 Å². The molecule has 0 saturated heterocycles. The maximum atomic E-state index is 2.24. The van der Waals surface area contributed by atoms with Crippen molar-refractivity contribution < 1.29 is 0 Å². The summed E-state index contributed by atoms with van der Waals surface area (Å²) in [7, 11) is 0. The van der Waals surface area contributed by atoms with Crippen molar-refractivity contribution in [3.8, 4) is 0 Å². The Morgan fingerprint density at radius 2 is 1.14 bits per heavy atom. The van der Waals surface area contributed by atoms with Crippen molar-refractivity contribution in [2.45, 2.75) is 81.1 Å². The third-order valence-corrected chi connectivity index (χ3v) is 1.88. The van der Waals surface area contributed by atoms with Crippen molar-refractivity contribution >= 4 is 0 Å². The summed E-state index contributed by atoms with van der Waals surface area (Å²) in [6, 6.07) is 0. The minimum absolute atomic E-state index is 1.21. The monoisotopic (exact) mass is 200 g/mol. The maximum Gasteiger partial charge on any atom is -0.0323 e. The van der Waals surface area contributed by atoms with Crippen LogP contribution in [0.5, 0.6) is 0 Å². The highest BCUT2D eigenvalue weighted by Crippen LogP contribution is 2.11. The normalized spacial score (nSPS) is 10.3. The summed E-state index contributed by atoms with van der Waals surface area (Å²) in [5, 5.41) is 0. The molecule has 0 aromatic rings. The summed E-state index contributed by atoms with van der Waals surface area (Å²) in [6.07, 6.45) is 5.02. The summed E-state index contributed by atoms with van der Waals surface area (Å²) in [4.78, 5) is 0. The Labute approximate surface area is 92.8 Å². The molecule has 0 aliphatic rings. The smallest absolute Gasteiger partial charge is 0.0323 e. The SMILES string of the molecule is CC.CCC.CCC/C(C)=C(/C)CC. The second-order valence-corrected chi connectivity index (χ2v) is 3.37. The van der Waals surface area contributed by atoms with Crippen LogP contribution in [-0.2, 0) is 0 Å². The average Bonchev–Trinajstić information content (AvgIpc) is 2.21. The largest absolute Gasteiger partial charge is 0.0747 e. The van der Waals surface area contributed by atoms with E-state index < -0.39 is 0 Å². The van der Waals surface area contributed by atoms with E-state index in [-0.39, 0.29) is 0 Å². The van der Waals surface area contributed by atoms with E-state index in [1.165, 1.54) is 25.7 Å². The van der Waals surface area contributed by atoms with Gasteiger partial charge in [-0.15, -0.1) is 0 Å². The quantitative estimate of drug-likeness (QED) is 0.492. The van der Waals surface area contributed by atoms with E-state index in [1.807, 2.05) is 13.8 Å². The van der Waals surface area contributed by atoms with Crippen molar-refractivity contribution in [2.24, 2.45) is 0 Å². The van der Waals surface area contributed by atoms with Gasteiger partial charge >= 0.3 is 0 Å². The first-order valence-electron chi connectivity index (χ1n) is 6.29. The van der Waals surface area contributed by atoms with Crippen LogP contribution < -0.4 is 0 Å². The van der Waals surface area contributed by atoms with E-state index in [1.54, 1.807) is 11.1 Å².